The van der Waals surface area contributed by atoms with Crippen molar-refractivity contribution in [3.8, 4) is 27.9 Å². The van der Waals surface area contributed by atoms with Crippen LogP contribution in [0.3, 0.4) is 0 Å². The maximum atomic E-state index is 6.32. The highest BCUT2D eigenvalue weighted by Crippen LogP contribution is 2.41. The molecule has 2 aromatic heterocycles. The zero-order chi connectivity index (χ0) is 46.4. The first-order chi connectivity index (χ1) is 34.7. The fourth-order valence-electron chi connectivity index (χ4n) is 11.0. The molecule has 13 rings (SSSR count). The van der Waals surface area contributed by atoms with E-state index in [0.29, 0.717) is 0 Å². The molecule has 13 aromatic rings. The van der Waals surface area contributed by atoms with Crippen LogP contribution in [0.25, 0.3) is 71.7 Å². The van der Waals surface area contributed by atoms with E-state index in [1.54, 1.807) is 0 Å². The van der Waals surface area contributed by atoms with Crippen LogP contribution in [0.15, 0.2) is 283 Å². The number of hydrogen-bond donors (Lipinski definition) is 0. The zero-order valence-corrected chi connectivity index (χ0v) is 39.4. The van der Waals surface area contributed by atoms with E-state index >= 15 is 0 Å². The van der Waals surface area contributed by atoms with Gasteiger partial charge in [-0.15, -0.1) is 0 Å². The van der Waals surface area contributed by atoms with Gasteiger partial charge in [-0.1, -0.05) is 206 Å². The van der Waals surface area contributed by atoms with Crippen LogP contribution < -0.4 is 25.6 Å². The van der Waals surface area contributed by atoms with Crippen molar-refractivity contribution in [2.24, 2.45) is 0 Å². The largest absolute Gasteiger partial charge is 0.456 e. The van der Waals surface area contributed by atoms with Gasteiger partial charge < -0.3 is 13.9 Å². The molecule has 3 nitrogen and oxygen atoms in total. The van der Waals surface area contributed by atoms with Gasteiger partial charge in [-0.3, -0.25) is 0 Å². The van der Waals surface area contributed by atoms with E-state index in [1.807, 2.05) is 12.1 Å². The Kier molecular flexibility index (Phi) is 10.2. The number of furan rings is 1. The minimum atomic E-state index is -2.72. The molecule has 0 aliphatic carbocycles. The topological polar surface area (TPSA) is 21.3 Å². The lowest BCUT2D eigenvalue weighted by Crippen LogP contribution is -2.74. The lowest BCUT2D eigenvalue weighted by Gasteiger charge is -2.35. The zero-order valence-electron chi connectivity index (χ0n) is 38.4. The second kappa shape index (κ2) is 17.3. The molecule has 0 radical (unpaired) electrons. The van der Waals surface area contributed by atoms with E-state index < -0.39 is 8.07 Å². The minimum absolute atomic E-state index is 0.876. The Morgan fingerprint density at radius 3 is 1.40 bits per heavy atom. The van der Waals surface area contributed by atoms with Crippen molar-refractivity contribution < 1.29 is 4.42 Å². The van der Waals surface area contributed by atoms with Crippen LogP contribution in [0.4, 0.5) is 17.1 Å². The van der Waals surface area contributed by atoms with Gasteiger partial charge >= 0.3 is 0 Å². The van der Waals surface area contributed by atoms with Gasteiger partial charge in [0.25, 0.3) is 0 Å². The lowest BCUT2D eigenvalue weighted by molar-refractivity contribution is 0.669. The Balaban J connectivity index is 0.900. The van der Waals surface area contributed by atoms with Gasteiger partial charge in [-0.2, -0.15) is 0 Å². The summed E-state index contributed by atoms with van der Waals surface area (Å²) in [6.07, 6.45) is 0. The van der Waals surface area contributed by atoms with Crippen molar-refractivity contribution in [1.82, 2.24) is 4.57 Å². The fraction of sp³-hybridized carbons (Fsp3) is 0. The van der Waals surface area contributed by atoms with Gasteiger partial charge in [0, 0.05) is 44.3 Å². The van der Waals surface area contributed by atoms with E-state index in [-0.39, 0.29) is 0 Å². The number of fused-ring (bicyclic) bond motifs is 6. The number of nitrogens with zero attached hydrogens (tertiary/aromatic N) is 2. The average molecular weight is 911 g/mol. The summed E-state index contributed by atoms with van der Waals surface area (Å²) < 4.78 is 8.70. The molecule has 0 fully saturated rings. The Morgan fingerprint density at radius 2 is 0.771 bits per heavy atom. The Bertz CT molecular complexity index is 3860. The summed E-state index contributed by atoms with van der Waals surface area (Å²) in [5, 5.41) is 10.1. The van der Waals surface area contributed by atoms with E-state index in [1.165, 1.54) is 59.2 Å². The van der Waals surface area contributed by atoms with Crippen LogP contribution in [0.5, 0.6) is 0 Å². The first-order valence-corrected chi connectivity index (χ1v) is 26.0. The molecule has 0 saturated heterocycles. The summed E-state index contributed by atoms with van der Waals surface area (Å²) in [5.41, 5.74) is 13.3. The summed E-state index contributed by atoms with van der Waals surface area (Å²) in [6.45, 7) is 0. The molecular formula is C66H46N2OSi. The maximum absolute atomic E-state index is 6.32. The lowest BCUT2D eigenvalue weighted by atomic mass is 9.97. The van der Waals surface area contributed by atoms with Crippen LogP contribution in [-0.2, 0) is 0 Å². The molecule has 330 valence electrons. The van der Waals surface area contributed by atoms with Gasteiger partial charge in [0.15, 0.2) is 8.07 Å². The summed E-state index contributed by atoms with van der Waals surface area (Å²) in [5.74, 6) is 0. The molecule has 0 saturated carbocycles. The van der Waals surface area contributed by atoms with Crippen molar-refractivity contribution in [1.29, 1.82) is 0 Å². The molecule has 0 bridgehead atoms. The molecule has 0 spiro atoms. The normalized spacial score (nSPS) is 11.7. The quantitative estimate of drug-likeness (QED) is 0.101. The predicted molar refractivity (Wildman–Crippen MR) is 297 cm³/mol. The average Bonchev–Trinajstić information content (AvgIpc) is 3.99. The highest BCUT2D eigenvalue weighted by Gasteiger charge is 2.41. The van der Waals surface area contributed by atoms with Gasteiger partial charge in [-0.25, -0.2) is 0 Å². The Morgan fingerprint density at radius 1 is 0.314 bits per heavy atom. The van der Waals surface area contributed by atoms with E-state index in [0.717, 1.165) is 50.3 Å². The predicted octanol–water partition coefficient (Wildman–Crippen LogP) is 14.9. The number of para-hydroxylation sites is 3. The number of rotatable bonds is 10. The summed E-state index contributed by atoms with van der Waals surface area (Å²) in [4.78, 5) is 2.38. The van der Waals surface area contributed by atoms with Crippen molar-refractivity contribution in [3.05, 3.63) is 279 Å². The van der Waals surface area contributed by atoms with Crippen LogP contribution >= 0.6 is 0 Å². The van der Waals surface area contributed by atoms with E-state index in [4.69, 9.17) is 4.42 Å². The molecule has 0 unspecified atom stereocenters. The smallest absolute Gasteiger partial charge is 0.179 e. The summed E-state index contributed by atoms with van der Waals surface area (Å²) in [7, 11) is -2.72. The SMILES string of the molecule is c1ccc(-n2c3ccccc3c3c(-c4ccc(-c5ccc(N(c6ccc([Si](c7ccccc7)(c7ccccc7)c7ccccc7)cc6)c6ccc7oc8ccccc8c7c6)cc5)cc4)cccc32)cc1. The number of aromatic nitrogens is 1. The third-order valence-corrected chi connectivity index (χ3v) is 19.0. The molecule has 4 heteroatoms. The molecule has 0 N–H and O–H groups in total. The highest BCUT2D eigenvalue weighted by atomic mass is 28.3. The number of benzene rings is 11. The van der Waals surface area contributed by atoms with Crippen LogP contribution in [0.2, 0.25) is 0 Å². The van der Waals surface area contributed by atoms with E-state index in [9.17, 15) is 0 Å². The summed E-state index contributed by atoms with van der Waals surface area (Å²) in [6, 6.07) is 102. The standard InChI is InChI=1S/C66H46N2OSi/c1-5-18-50(19-6-1)68-62-29-15-13-27-60(62)66-58(28-17-30-63(66)68)49-34-32-47(33-35-49)48-36-38-51(39-37-48)67(53-42-45-65-61(46-53)59-26-14-16-31-64(59)69-65)52-40-43-57(44-41-52)70(54-20-7-2-8-21-54,55-22-9-3-10-23-55)56-24-11-4-12-25-56/h1-46H. The van der Waals surface area contributed by atoms with Gasteiger partial charge in [0.2, 0.25) is 0 Å². The van der Waals surface area contributed by atoms with Crippen molar-refractivity contribution >= 4 is 89.6 Å². The minimum Gasteiger partial charge on any atom is -0.456 e. The maximum Gasteiger partial charge on any atom is 0.179 e. The van der Waals surface area contributed by atoms with Gasteiger partial charge in [0.1, 0.15) is 11.2 Å². The van der Waals surface area contributed by atoms with E-state index in [2.05, 4.69) is 276 Å². The summed E-state index contributed by atoms with van der Waals surface area (Å²) >= 11 is 0. The van der Waals surface area contributed by atoms with Crippen LogP contribution in [-0.4, -0.2) is 12.6 Å². The second-order valence-electron chi connectivity index (χ2n) is 18.0. The molecule has 70 heavy (non-hydrogen) atoms. The Labute approximate surface area is 408 Å². The molecule has 0 aliphatic heterocycles. The van der Waals surface area contributed by atoms with Crippen LogP contribution in [0.1, 0.15) is 0 Å². The second-order valence-corrected chi connectivity index (χ2v) is 21.8. The van der Waals surface area contributed by atoms with Crippen LogP contribution in [0, 0.1) is 0 Å². The highest BCUT2D eigenvalue weighted by molar-refractivity contribution is 7.19. The van der Waals surface area contributed by atoms with Crippen molar-refractivity contribution in [2.45, 2.75) is 0 Å². The molecule has 2 heterocycles. The first kappa shape index (κ1) is 41.2. The molecule has 11 aromatic carbocycles. The first-order valence-electron chi connectivity index (χ1n) is 24.0. The fourth-order valence-corrected chi connectivity index (χ4v) is 15.7. The number of hydrogen-bond acceptors (Lipinski definition) is 2. The molecule has 0 amide bonds. The molecule has 0 aliphatic rings. The third kappa shape index (κ3) is 6.88. The van der Waals surface area contributed by atoms with Crippen molar-refractivity contribution in [2.75, 3.05) is 4.90 Å². The third-order valence-electron chi connectivity index (χ3n) is 14.2. The van der Waals surface area contributed by atoms with Gasteiger partial charge in [0.05, 0.1) is 11.0 Å². The number of anilines is 3. The van der Waals surface area contributed by atoms with Crippen molar-refractivity contribution in [3.63, 3.8) is 0 Å². The monoisotopic (exact) mass is 910 g/mol. The Hall–Kier alpha value is -8.96. The molecule has 0 atom stereocenters. The molecular weight excluding hydrogens is 865 g/mol. The van der Waals surface area contributed by atoms with Gasteiger partial charge in [-0.05, 0) is 116 Å².